The first-order valence-corrected chi connectivity index (χ1v) is 27.6. The van der Waals surface area contributed by atoms with Crippen molar-refractivity contribution in [1.29, 1.82) is 0 Å². The first-order valence-electron chi connectivity index (χ1n) is 23.7. The molecule has 8 aromatic rings. The average Bonchev–Trinajstić information content (AvgIpc) is 0.841. The molecule has 0 amide bonds. The lowest BCUT2D eigenvalue weighted by atomic mass is 9.12. The summed E-state index contributed by atoms with van der Waals surface area (Å²) in [6, 6.07) is 13.8. The highest BCUT2D eigenvalue weighted by Crippen LogP contribution is 2.41. The van der Waals surface area contributed by atoms with Gasteiger partial charge in [0.25, 0.3) is 5.77 Å². The number of thiophene rings is 2. The molecule has 8 rings (SSSR count). The van der Waals surface area contributed by atoms with Crippen LogP contribution in [0.15, 0.2) is 144 Å². The lowest BCUT2D eigenvalue weighted by Crippen LogP contribution is -3.61. The molecule has 6 aromatic carbocycles. The van der Waals surface area contributed by atoms with Gasteiger partial charge in [-0.25, -0.2) is 0 Å². The smallest absolute Gasteiger partial charge is 0.194 e. The van der Waals surface area contributed by atoms with Gasteiger partial charge in [-0.1, -0.05) is 131 Å². The lowest BCUT2D eigenvalue weighted by molar-refractivity contribution is -0.586. The Morgan fingerprint density at radius 2 is 0.500 bits per heavy atom. The quantitative estimate of drug-likeness (QED) is 0.0727. The summed E-state index contributed by atoms with van der Waals surface area (Å²) in [5.74, 6) is 0. The van der Waals surface area contributed by atoms with E-state index >= 15 is 0 Å². The second-order valence-electron chi connectivity index (χ2n) is 19.1. The Morgan fingerprint density at radius 1 is 0.298 bits per heavy atom. The minimum absolute atomic E-state index is 0.112. The van der Waals surface area contributed by atoms with E-state index in [1.54, 1.807) is 5.77 Å². The predicted octanol–water partition coefficient (Wildman–Crippen LogP) is 15.0. The molecule has 0 saturated carbocycles. The SMILES string of the molecule is Cc1ccc(Cc2ccsc2[I+]c2sccc2Cc2ccc(C)cc2)cc1.FC(F)(F)c1cc([B-](c2cc(C(F)(F)F)cc(C(F)(F)F)c2)(c2cc(C(F)(F)F)cc(C(F)(F)F)c2)c2cc(C(F)(F)F)cc(C(F)(F)F)c2)cc(C(F)(F)F)c1. The van der Waals surface area contributed by atoms with Crippen molar-refractivity contribution in [3.8, 4) is 0 Å². The normalized spacial score (nSPS) is 13.3. The number of hydrogen-bond donors (Lipinski definition) is 0. The van der Waals surface area contributed by atoms with Crippen LogP contribution in [0.5, 0.6) is 0 Å². The van der Waals surface area contributed by atoms with Crippen molar-refractivity contribution in [3.05, 3.63) is 228 Å². The third-order valence-electron chi connectivity index (χ3n) is 13.0. The highest BCUT2D eigenvalue weighted by atomic mass is 127. The van der Waals surface area contributed by atoms with Crippen LogP contribution in [0, 0.1) is 19.6 Å². The summed E-state index contributed by atoms with van der Waals surface area (Å²) in [5.41, 5.74) is -21.7. The van der Waals surface area contributed by atoms with Gasteiger partial charge in [-0.05, 0) is 72.1 Å². The standard InChI is InChI=1S/C32H12BF24.C24H22IS2/c34-25(35,36)13-1-14(26(37,38)39)6-21(5-13)33(22-7-15(27(40,41)42)2-16(8-22)28(43,44)45,23-9-17(29(46,47)48)3-18(10-23)30(49,50)51)24-11-19(31(52,53)54)4-20(12-24)32(55,56)57;1-17-3-7-19(8-4-17)15-21-11-13-26-23(21)25-24-22(12-14-27-24)16-20-9-5-18(2)6-10-20/h1-12H;3-14H,15-16H2,1-2H3/q-1;+1. The molecule has 0 unspecified atom stereocenters. The number of alkyl halides is 24. The molecule has 84 heavy (non-hydrogen) atoms. The molecule has 0 aliphatic carbocycles. The maximum atomic E-state index is 14.2. The van der Waals surface area contributed by atoms with Crippen molar-refractivity contribution in [3.63, 3.8) is 0 Å². The van der Waals surface area contributed by atoms with E-state index in [4.69, 9.17) is 0 Å². The topological polar surface area (TPSA) is 0 Å². The van der Waals surface area contributed by atoms with Gasteiger partial charge >= 0.3 is 70.6 Å². The minimum Gasteiger partial charge on any atom is -0.194 e. The zero-order chi connectivity index (χ0) is 62.6. The van der Waals surface area contributed by atoms with E-state index in [1.165, 1.54) is 33.4 Å². The third-order valence-corrected chi connectivity index (χ3v) is 19.4. The molecular weight excluding hydrogens is 1330 g/mol. The fraction of sp³-hybridized carbons (Fsp3) is 0.214. The van der Waals surface area contributed by atoms with Crippen LogP contribution in [0.2, 0.25) is 0 Å². The Kier molecular flexibility index (Phi) is 18.4. The maximum Gasteiger partial charge on any atom is 0.416 e. The molecule has 0 radical (unpaired) electrons. The van der Waals surface area contributed by atoms with Crippen LogP contribution < -0.4 is 43.1 Å². The highest BCUT2D eigenvalue weighted by molar-refractivity contribution is 7.20. The van der Waals surface area contributed by atoms with Crippen LogP contribution in [0.1, 0.15) is 77.9 Å². The Morgan fingerprint density at radius 3 is 0.690 bits per heavy atom. The zero-order valence-electron chi connectivity index (χ0n) is 42.1. The van der Waals surface area contributed by atoms with Crippen molar-refractivity contribution in [2.45, 2.75) is 76.1 Å². The van der Waals surface area contributed by atoms with Gasteiger partial charge in [0.2, 0.25) is 0 Å². The molecule has 448 valence electrons. The van der Waals surface area contributed by atoms with E-state index in [1.807, 2.05) is 22.7 Å². The molecule has 0 aliphatic heterocycles. The summed E-state index contributed by atoms with van der Waals surface area (Å²) in [7, 11) is 0. The summed E-state index contributed by atoms with van der Waals surface area (Å²) in [5, 5.41) is 4.54. The fourth-order valence-electron chi connectivity index (χ4n) is 9.06. The Bertz CT molecular complexity index is 3090. The first-order chi connectivity index (χ1) is 38.4. The van der Waals surface area contributed by atoms with Crippen LogP contribution in [0.4, 0.5) is 105 Å². The predicted molar refractivity (Wildman–Crippen MR) is 264 cm³/mol. The van der Waals surface area contributed by atoms with Gasteiger partial charge in [-0.2, -0.15) is 127 Å². The molecule has 0 bridgehead atoms. The third kappa shape index (κ3) is 15.4. The lowest BCUT2D eigenvalue weighted by Gasteiger charge is -2.46. The number of aryl methyl sites for hydroxylation is 2. The summed E-state index contributed by atoms with van der Waals surface area (Å²) < 4.78 is 344. The largest absolute Gasteiger partial charge is 0.416 e. The van der Waals surface area contributed by atoms with Crippen LogP contribution in [0.3, 0.4) is 0 Å². The van der Waals surface area contributed by atoms with Gasteiger partial charge in [0, 0.05) is 24.0 Å². The van der Waals surface area contributed by atoms with E-state index in [0.717, 1.165) is 12.8 Å². The monoisotopic (exact) mass is 1360 g/mol. The van der Waals surface area contributed by atoms with Crippen LogP contribution in [0.25, 0.3) is 0 Å². The summed E-state index contributed by atoms with van der Waals surface area (Å²) in [6.07, 6.45) is -52.7. The van der Waals surface area contributed by atoms with Crippen molar-refractivity contribution >= 4 is 50.7 Å². The van der Waals surface area contributed by atoms with Gasteiger partial charge in [0.15, 0.2) is 0 Å². The first kappa shape index (κ1) is 65.4. The molecule has 0 nitrogen and oxygen atoms in total. The van der Waals surface area contributed by atoms with Crippen molar-refractivity contribution in [1.82, 2.24) is 0 Å². The molecule has 28 heteroatoms. The second-order valence-corrected chi connectivity index (χ2v) is 25.1. The van der Waals surface area contributed by atoms with Crippen molar-refractivity contribution in [2.75, 3.05) is 0 Å². The zero-order valence-corrected chi connectivity index (χ0v) is 45.9. The molecule has 0 spiro atoms. The summed E-state index contributed by atoms with van der Waals surface area (Å²) in [4.78, 5) is 0. The van der Waals surface area contributed by atoms with Gasteiger partial charge in [-0.3, -0.25) is 0 Å². The Balaban J connectivity index is 0.000000309. The second kappa shape index (κ2) is 23.6. The maximum absolute atomic E-state index is 14.2. The van der Waals surface area contributed by atoms with Crippen molar-refractivity contribution < 1.29 is 127 Å². The van der Waals surface area contributed by atoms with E-state index < -0.39 is 195 Å². The number of benzene rings is 6. The average molecular weight is 1360 g/mol. The fourth-order valence-corrected chi connectivity index (χ4v) is 15.3. The molecule has 0 atom stereocenters. The van der Waals surface area contributed by atoms with Crippen LogP contribution in [-0.2, 0) is 62.3 Å². The Labute approximate surface area is 479 Å². The molecule has 2 aromatic heterocycles. The van der Waals surface area contributed by atoms with Crippen LogP contribution in [-0.4, -0.2) is 6.15 Å². The van der Waals surface area contributed by atoms with Gasteiger partial charge in [-0.15, -0.1) is 0 Å². The molecule has 0 aliphatic rings. The minimum atomic E-state index is -6.13. The van der Waals surface area contributed by atoms with Gasteiger partial charge < -0.3 is 0 Å². The molecule has 0 fully saturated rings. The number of rotatable bonds is 10. The number of halogens is 25. The van der Waals surface area contributed by atoms with E-state index in [2.05, 4.69) is 85.3 Å². The van der Waals surface area contributed by atoms with E-state index in [0.29, 0.717) is 0 Å². The van der Waals surface area contributed by atoms with Crippen LogP contribution >= 0.6 is 22.7 Å². The van der Waals surface area contributed by atoms with E-state index in [-0.39, 0.29) is 21.2 Å². The number of hydrogen-bond acceptors (Lipinski definition) is 2. The molecular formula is C56H34BF24IS2. The Hall–Kier alpha value is -6.17. The summed E-state index contributed by atoms with van der Waals surface area (Å²) >= 11 is 3.77. The van der Waals surface area contributed by atoms with Gasteiger partial charge in [0.1, 0.15) is 6.15 Å². The van der Waals surface area contributed by atoms with Gasteiger partial charge in [0.05, 0.1) is 44.5 Å². The highest BCUT2D eigenvalue weighted by Gasteiger charge is 2.47. The summed E-state index contributed by atoms with van der Waals surface area (Å²) in [6.45, 7) is 4.30. The van der Waals surface area contributed by atoms with E-state index in [9.17, 15) is 105 Å². The molecule has 0 N–H and O–H groups in total. The molecule has 2 heterocycles. The molecule has 0 saturated heterocycles. The van der Waals surface area contributed by atoms with Crippen molar-refractivity contribution in [2.24, 2.45) is 0 Å².